The van der Waals surface area contributed by atoms with Gasteiger partial charge in [0, 0.05) is 25.6 Å². The van der Waals surface area contributed by atoms with Gasteiger partial charge in [-0.05, 0) is 18.1 Å². The van der Waals surface area contributed by atoms with Crippen LogP contribution >= 0.6 is 0 Å². The summed E-state index contributed by atoms with van der Waals surface area (Å²) in [6.07, 6.45) is 0. The Morgan fingerprint density at radius 1 is 1.26 bits per heavy atom. The van der Waals surface area contributed by atoms with Gasteiger partial charge in [0.2, 0.25) is 11.7 Å². The van der Waals surface area contributed by atoms with Crippen molar-refractivity contribution in [2.75, 3.05) is 5.32 Å². The number of ether oxygens (including phenoxy) is 2. The number of anilines is 1. The van der Waals surface area contributed by atoms with Gasteiger partial charge in [-0.15, -0.1) is 0 Å². The van der Waals surface area contributed by atoms with Crippen LogP contribution in [0.1, 0.15) is 27.7 Å². The third kappa shape index (κ3) is 2.98. The highest BCUT2D eigenvalue weighted by molar-refractivity contribution is 5.95. The smallest absolute Gasteiger partial charge is 0.246 e. The van der Waals surface area contributed by atoms with Crippen LogP contribution in [-0.4, -0.2) is 17.7 Å². The van der Waals surface area contributed by atoms with E-state index < -0.39 is 11.8 Å². The molecular formula is C14H20N2O3. The third-order valence-corrected chi connectivity index (χ3v) is 2.94. The molecule has 0 saturated heterocycles. The van der Waals surface area contributed by atoms with Gasteiger partial charge in [0.1, 0.15) is 0 Å². The van der Waals surface area contributed by atoms with Crippen molar-refractivity contribution >= 4 is 11.6 Å². The molecule has 1 heterocycles. The van der Waals surface area contributed by atoms with Crippen molar-refractivity contribution in [3.05, 3.63) is 18.2 Å². The lowest BCUT2D eigenvalue weighted by atomic mass is 10.0. The number of rotatable bonds is 3. The zero-order valence-electron chi connectivity index (χ0n) is 11.7. The topological polar surface area (TPSA) is 73.6 Å². The van der Waals surface area contributed by atoms with Crippen molar-refractivity contribution in [3.8, 4) is 11.5 Å². The number of fused-ring (bicyclic) bond motifs is 1. The van der Waals surface area contributed by atoms with Crippen molar-refractivity contribution in [3.63, 3.8) is 0 Å². The lowest BCUT2D eigenvalue weighted by Gasteiger charge is -2.16. The van der Waals surface area contributed by atoms with Crippen LogP contribution in [0.25, 0.3) is 0 Å². The Balaban J connectivity index is 2.11. The predicted octanol–water partition coefficient (Wildman–Crippen LogP) is 2.12. The van der Waals surface area contributed by atoms with Crippen molar-refractivity contribution in [2.45, 2.75) is 39.5 Å². The molecule has 0 unspecified atom stereocenters. The molecule has 1 aliphatic heterocycles. The highest BCUT2D eigenvalue weighted by atomic mass is 16.7. The van der Waals surface area contributed by atoms with E-state index in [1.807, 2.05) is 27.7 Å². The number of hydrogen-bond acceptors (Lipinski definition) is 4. The second-order valence-electron chi connectivity index (χ2n) is 5.52. The number of carbonyl (C=O) groups is 1. The summed E-state index contributed by atoms with van der Waals surface area (Å²) in [7, 11) is 0. The summed E-state index contributed by atoms with van der Waals surface area (Å²) in [5.41, 5.74) is 6.45. The van der Waals surface area contributed by atoms with Gasteiger partial charge in [-0.25, -0.2) is 0 Å². The van der Waals surface area contributed by atoms with E-state index in [1.54, 1.807) is 18.2 Å². The van der Waals surface area contributed by atoms with Crippen LogP contribution in [0.2, 0.25) is 0 Å². The van der Waals surface area contributed by atoms with Crippen LogP contribution in [0, 0.1) is 5.92 Å². The number of nitrogens with two attached hydrogens (primary N) is 1. The summed E-state index contributed by atoms with van der Waals surface area (Å²) in [6, 6.07) is 4.77. The Bertz CT molecular complexity index is 497. The molecule has 5 nitrogen and oxygen atoms in total. The molecule has 1 amide bonds. The molecule has 0 spiro atoms. The quantitative estimate of drug-likeness (QED) is 0.877. The molecule has 3 N–H and O–H groups in total. The van der Waals surface area contributed by atoms with Crippen LogP contribution < -0.4 is 20.5 Å². The Kier molecular flexibility index (Phi) is 3.41. The molecule has 1 aliphatic rings. The highest BCUT2D eigenvalue weighted by Crippen LogP contribution is 2.40. The van der Waals surface area contributed by atoms with E-state index >= 15 is 0 Å². The van der Waals surface area contributed by atoms with E-state index in [9.17, 15) is 4.79 Å². The van der Waals surface area contributed by atoms with Gasteiger partial charge in [0.25, 0.3) is 0 Å². The van der Waals surface area contributed by atoms with Gasteiger partial charge in [0.15, 0.2) is 11.5 Å². The molecule has 0 aromatic heterocycles. The minimum Gasteiger partial charge on any atom is -0.449 e. The largest absolute Gasteiger partial charge is 0.449 e. The molecule has 19 heavy (non-hydrogen) atoms. The molecule has 5 heteroatoms. The molecule has 2 rings (SSSR count). The van der Waals surface area contributed by atoms with E-state index in [-0.39, 0.29) is 11.8 Å². The minimum absolute atomic E-state index is 0.0907. The number of hydrogen-bond donors (Lipinski definition) is 2. The van der Waals surface area contributed by atoms with Gasteiger partial charge < -0.3 is 20.5 Å². The first kappa shape index (κ1) is 13.7. The fraction of sp³-hybridized carbons (Fsp3) is 0.500. The zero-order valence-corrected chi connectivity index (χ0v) is 11.7. The van der Waals surface area contributed by atoms with Crippen LogP contribution in [-0.2, 0) is 4.79 Å². The maximum Gasteiger partial charge on any atom is 0.246 e. The molecule has 104 valence electrons. The summed E-state index contributed by atoms with van der Waals surface area (Å²) in [5, 5.41) is 2.78. The van der Waals surface area contributed by atoms with E-state index in [4.69, 9.17) is 15.2 Å². The molecule has 1 atom stereocenters. The molecule has 0 saturated carbocycles. The number of amides is 1. The summed E-state index contributed by atoms with van der Waals surface area (Å²) >= 11 is 0. The van der Waals surface area contributed by atoms with Crippen LogP contribution in [0.4, 0.5) is 5.69 Å². The Morgan fingerprint density at radius 2 is 1.89 bits per heavy atom. The molecule has 0 bridgehead atoms. The van der Waals surface area contributed by atoms with E-state index in [0.717, 1.165) is 0 Å². The summed E-state index contributed by atoms with van der Waals surface area (Å²) in [5.74, 6) is 0.525. The lowest BCUT2D eigenvalue weighted by Crippen LogP contribution is -2.39. The maximum absolute atomic E-state index is 11.9. The normalized spacial score (nSPS) is 17.4. The van der Waals surface area contributed by atoms with Gasteiger partial charge in [-0.3, -0.25) is 4.79 Å². The predicted molar refractivity (Wildman–Crippen MR) is 73.2 cm³/mol. The summed E-state index contributed by atoms with van der Waals surface area (Å²) in [6.45, 7) is 7.48. The molecule has 0 fully saturated rings. The van der Waals surface area contributed by atoms with Gasteiger partial charge in [-0.2, -0.15) is 0 Å². The number of carbonyl (C=O) groups excluding carboxylic acids is 1. The van der Waals surface area contributed by atoms with E-state index in [1.165, 1.54) is 0 Å². The Labute approximate surface area is 113 Å². The Morgan fingerprint density at radius 3 is 2.53 bits per heavy atom. The van der Waals surface area contributed by atoms with E-state index in [0.29, 0.717) is 17.2 Å². The van der Waals surface area contributed by atoms with Crippen molar-refractivity contribution in [1.29, 1.82) is 0 Å². The first-order valence-electron chi connectivity index (χ1n) is 6.37. The second kappa shape index (κ2) is 4.74. The minimum atomic E-state index is -0.667. The Hall–Kier alpha value is -1.75. The molecule has 1 aromatic carbocycles. The fourth-order valence-electron chi connectivity index (χ4n) is 1.83. The number of nitrogens with one attached hydrogen (secondary N) is 1. The number of benzene rings is 1. The van der Waals surface area contributed by atoms with Crippen molar-refractivity contribution in [1.82, 2.24) is 0 Å². The lowest BCUT2D eigenvalue weighted by molar-refractivity contribution is -0.118. The van der Waals surface area contributed by atoms with Gasteiger partial charge in [-0.1, -0.05) is 13.8 Å². The van der Waals surface area contributed by atoms with Crippen LogP contribution in [0.5, 0.6) is 11.5 Å². The van der Waals surface area contributed by atoms with Gasteiger partial charge >= 0.3 is 0 Å². The fourth-order valence-corrected chi connectivity index (χ4v) is 1.83. The third-order valence-electron chi connectivity index (χ3n) is 2.94. The molecule has 1 aromatic rings. The summed E-state index contributed by atoms with van der Waals surface area (Å²) in [4.78, 5) is 11.9. The molecular weight excluding hydrogens is 244 g/mol. The highest BCUT2D eigenvalue weighted by Gasteiger charge is 2.31. The first-order chi connectivity index (χ1) is 8.78. The van der Waals surface area contributed by atoms with Gasteiger partial charge in [0.05, 0.1) is 6.04 Å². The van der Waals surface area contributed by atoms with Crippen molar-refractivity contribution < 1.29 is 14.3 Å². The zero-order chi connectivity index (χ0) is 14.2. The van der Waals surface area contributed by atoms with E-state index in [2.05, 4.69) is 5.32 Å². The van der Waals surface area contributed by atoms with Crippen molar-refractivity contribution in [2.24, 2.45) is 11.7 Å². The average Bonchev–Trinajstić information content (AvgIpc) is 2.60. The monoisotopic (exact) mass is 264 g/mol. The van der Waals surface area contributed by atoms with Crippen LogP contribution in [0.3, 0.4) is 0 Å². The summed E-state index contributed by atoms with van der Waals surface area (Å²) < 4.78 is 11.2. The van der Waals surface area contributed by atoms with Crippen LogP contribution in [0.15, 0.2) is 18.2 Å². The average molecular weight is 264 g/mol. The molecule has 0 aliphatic carbocycles. The second-order valence-corrected chi connectivity index (χ2v) is 5.52. The molecule has 0 radical (unpaired) electrons. The standard InChI is InChI=1S/C14H20N2O3/c1-8(2)12(15)13(17)16-9-5-6-10-11(7-9)19-14(3,4)18-10/h5-8,12H,15H2,1-4H3,(H,16,17)/t12-/m1/s1. The SMILES string of the molecule is CC(C)[C@@H](N)C(=O)Nc1ccc2c(c1)OC(C)(C)O2. The first-order valence-corrected chi connectivity index (χ1v) is 6.37. The maximum atomic E-state index is 11.9.